The van der Waals surface area contributed by atoms with Crippen molar-refractivity contribution in [2.45, 2.75) is 18.4 Å². The smallest absolute Gasteiger partial charge is 0.238 e. The number of aromatic nitrogens is 2. The molecule has 3 aromatic rings. The molecule has 0 saturated carbocycles. The van der Waals surface area contributed by atoms with Gasteiger partial charge in [-0.1, -0.05) is 30.3 Å². The molecule has 0 fully saturated rings. The summed E-state index contributed by atoms with van der Waals surface area (Å²) < 4.78 is 25.0. The first-order valence-electron chi connectivity index (χ1n) is 6.49. The van der Waals surface area contributed by atoms with Crippen LogP contribution in [0, 0.1) is 6.92 Å². The minimum atomic E-state index is -3.72. The number of primary sulfonamides is 1. The topological polar surface area (TPSA) is 78.0 Å². The number of rotatable bonds is 3. The maximum Gasteiger partial charge on any atom is 0.238 e. The number of hydrogen-bond donors (Lipinski definition) is 1. The SMILES string of the molecule is Cc1nc2ccc(S(N)(=O)=O)cc2n1Cc1ccccc1. The summed E-state index contributed by atoms with van der Waals surface area (Å²) in [4.78, 5) is 4.56. The van der Waals surface area contributed by atoms with E-state index in [2.05, 4.69) is 4.98 Å². The van der Waals surface area contributed by atoms with Crippen molar-refractivity contribution in [3.63, 3.8) is 0 Å². The molecule has 2 aromatic carbocycles. The number of aryl methyl sites for hydroxylation is 1. The van der Waals surface area contributed by atoms with Crippen LogP contribution >= 0.6 is 0 Å². The summed E-state index contributed by atoms with van der Waals surface area (Å²) in [6, 6.07) is 14.7. The fraction of sp³-hybridized carbons (Fsp3) is 0.133. The molecule has 0 unspecified atom stereocenters. The van der Waals surface area contributed by atoms with E-state index >= 15 is 0 Å². The molecule has 1 heterocycles. The van der Waals surface area contributed by atoms with Crippen LogP contribution in [0.4, 0.5) is 0 Å². The molecule has 6 heteroatoms. The number of imidazole rings is 1. The molecular formula is C15H15N3O2S. The van der Waals surface area contributed by atoms with Gasteiger partial charge in [0.15, 0.2) is 0 Å². The van der Waals surface area contributed by atoms with Gasteiger partial charge in [-0.25, -0.2) is 18.5 Å². The number of nitrogens with zero attached hydrogens (tertiary/aromatic N) is 2. The summed E-state index contributed by atoms with van der Waals surface area (Å²) in [6.45, 7) is 2.54. The van der Waals surface area contributed by atoms with E-state index in [-0.39, 0.29) is 4.90 Å². The molecule has 21 heavy (non-hydrogen) atoms. The molecule has 0 aliphatic carbocycles. The number of benzene rings is 2. The van der Waals surface area contributed by atoms with Gasteiger partial charge in [-0.3, -0.25) is 0 Å². The lowest BCUT2D eigenvalue weighted by atomic mass is 10.2. The summed E-state index contributed by atoms with van der Waals surface area (Å²) >= 11 is 0. The van der Waals surface area contributed by atoms with Gasteiger partial charge in [0.05, 0.1) is 15.9 Å². The van der Waals surface area contributed by atoms with E-state index in [9.17, 15) is 8.42 Å². The van der Waals surface area contributed by atoms with Crippen molar-refractivity contribution in [3.8, 4) is 0 Å². The van der Waals surface area contributed by atoms with Crippen molar-refractivity contribution in [2.75, 3.05) is 0 Å². The van der Waals surface area contributed by atoms with Crippen molar-refractivity contribution in [1.29, 1.82) is 0 Å². The highest BCUT2D eigenvalue weighted by atomic mass is 32.2. The van der Waals surface area contributed by atoms with Crippen molar-refractivity contribution >= 4 is 21.1 Å². The molecule has 0 radical (unpaired) electrons. The molecular weight excluding hydrogens is 286 g/mol. The van der Waals surface area contributed by atoms with Gasteiger partial charge in [-0.15, -0.1) is 0 Å². The molecule has 0 aliphatic heterocycles. The van der Waals surface area contributed by atoms with Crippen molar-refractivity contribution < 1.29 is 8.42 Å². The maximum absolute atomic E-state index is 11.5. The Morgan fingerprint density at radius 1 is 1.14 bits per heavy atom. The van der Waals surface area contributed by atoms with Crippen LogP contribution in [0.1, 0.15) is 11.4 Å². The molecule has 2 N–H and O–H groups in total. The average molecular weight is 301 g/mol. The zero-order valence-electron chi connectivity index (χ0n) is 11.5. The van der Waals surface area contributed by atoms with Crippen LogP contribution in [-0.2, 0) is 16.6 Å². The third-order valence-electron chi connectivity index (χ3n) is 3.42. The molecule has 0 amide bonds. The van der Waals surface area contributed by atoms with Gasteiger partial charge in [0.2, 0.25) is 10.0 Å². The summed E-state index contributed by atoms with van der Waals surface area (Å²) in [5, 5.41) is 5.20. The third-order valence-corrected chi connectivity index (χ3v) is 4.33. The molecule has 108 valence electrons. The van der Waals surface area contributed by atoms with Gasteiger partial charge in [0.25, 0.3) is 0 Å². The van der Waals surface area contributed by atoms with E-state index in [1.165, 1.54) is 6.07 Å². The van der Waals surface area contributed by atoms with Gasteiger partial charge in [-0.05, 0) is 30.7 Å². The van der Waals surface area contributed by atoms with E-state index in [1.807, 2.05) is 41.8 Å². The van der Waals surface area contributed by atoms with Crippen molar-refractivity contribution in [3.05, 3.63) is 59.9 Å². The van der Waals surface area contributed by atoms with Crippen LogP contribution in [0.25, 0.3) is 11.0 Å². The number of nitrogens with two attached hydrogens (primary N) is 1. The van der Waals surface area contributed by atoms with E-state index in [4.69, 9.17) is 5.14 Å². The quantitative estimate of drug-likeness (QED) is 0.804. The Hall–Kier alpha value is -2.18. The Labute approximate surface area is 123 Å². The molecule has 0 bridgehead atoms. The lowest BCUT2D eigenvalue weighted by Crippen LogP contribution is -2.12. The van der Waals surface area contributed by atoms with E-state index in [0.717, 1.165) is 22.4 Å². The number of fused-ring (bicyclic) bond motifs is 1. The molecule has 1 aromatic heterocycles. The summed E-state index contributed by atoms with van der Waals surface area (Å²) in [6.07, 6.45) is 0. The monoisotopic (exact) mass is 301 g/mol. The molecule has 3 rings (SSSR count). The van der Waals surface area contributed by atoms with Gasteiger partial charge in [-0.2, -0.15) is 0 Å². The van der Waals surface area contributed by atoms with Gasteiger partial charge in [0.1, 0.15) is 5.82 Å². The van der Waals surface area contributed by atoms with Crippen molar-refractivity contribution in [1.82, 2.24) is 9.55 Å². The second-order valence-electron chi connectivity index (χ2n) is 4.93. The fourth-order valence-corrected chi connectivity index (χ4v) is 2.90. The second-order valence-corrected chi connectivity index (χ2v) is 6.49. The molecule has 0 saturated heterocycles. The zero-order valence-corrected chi connectivity index (χ0v) is 12.3. The summed E-state index contributed by atoms with van der Waals surface area (Å²) in [5.74, 6) is 0.834. The molecule has 0 aliphatic rings. The minimum absolute atomic E-state index is 0.101. The number of sulfonamides is 1. The first-order chi connectivity index (χ1) is 9.95. The summed E-state index contributed by atoms with van der Waals surface area (Å²) in [7, 11) is -3.72. The van der Waals surface area contributed by atoms with Crippen LogP contribution in [0.15, 0.2) is 53.4 Å². The Morgan fingerprint density at radius 3 is 2.52 bits per heavy atom. The minimum Gasteiger partial charge on any atom is -0.324 e. The highest BCUT2D eigenvalue weighted by Crippen LogP contribution is 2.21. The Bertz CT molecular complexity index is 899. The summed E-state index contributed by atoms with van der Waals surface area (Å²) in [5.41, 5.74) is 2.65. The van der Waals surface area contributed by atoms with E-state index in [1.54, 1.807) is 12.1 Å². The Morgan fingerprint density at radius 2 is 1.86 bits per heavy atom. The Kier molecular flexibility index (Phi) is 3.27. The molecule has 0 spiro atoms. The average Bonchev–Trinajstić information content (AvgIpc) is 2.75. The van der Waals surface area contributed by atoms with Crippen LogP contribution in [0.3, 0.4) is 0 Å². The zero-order chi connectivity index (χ0) is 15.0. The van der Waals surface area contributed by atoms with Crippen molar-refractivity contribution in [2.24, 2.45) is 5.14 Å². The standard InChI is InChI=1S/C15H15N3O2S/c1-11-17-14-8-7-13(21(16,19)20)9-15(14)18(11)10-12-5-3-2-4-6-12/h2-9H,10H2,1H3,(H2,16,19,20). The Balaban J connectivity index is 2.15. The third kappa shape index (κ3) is 2.68. The van der Waals surface area contributed by atoms with Gasteiger partial charge in [0, 0.05) is 6.54 Å². The first-order valence-corrected chi connectivity index (χ1v) is 8.03. The maximum atomic E-state index is 11.5. The van der Waals surface area contributed by atoms with E-state index < -0.39 is 10.0 Å². The van der Waals surface area contributed by atoms with Crippen LogP contribution in [0.5, 0.6) is 0 Å². The highest BCUT2D eigenvalue weighted by Gasteiger charge is 2.13. The highest BCUT2D eigenvalue weighted by molar-refractivity contribution is 7.89. The molecule has 5 nitrogen and oxygen atoms in total. The largest absolute Gasteiger partial charge is 0.324 e. The van der Waals surface area contributed by atoms with Crippen LogP contribution in [0.2, 0.25) is 0 Å². The predicted molar refractivity (Wildman–Crippen MR) is 81.4 cm³/mol. The van der Waals surface area contributed by atoms with Gasteiger partial charge >= 0.3 is 0 Å². The molecule has 0 atom stereocenters. The first kappa shape index (κ1) is 13.8. The van der Waals surface area contributed by atoms with Crippen LogP contribution in [-0.4, -0.2) is 18.0 Å². The lowest BCUT2D eigenvalue weighted by Gasteiger charge is -2.07. The second kappa shape index (κ2) is 4.98. The van der Waals surface area contributed by atoms with E-state index in [0.29, 0.717) is 6.54 Å². The lowest BCUT2D eigenvalue weighted by molar-refractivity contribution is 0.598. The fourth-order valence-electron chi connectivity index (χ4n) is 2.37. The van der Waals surface area contributed by atoms with Crippen LogP contribution < -0.4 is 5.14 Å². The normalized spacial score (nSPS) is 11.9. The number of hydrogen-bond acceptors (Lipinski definition) is 3. The van der Waals surface area contributed by atoms with Gasteiger partial charge < -0.3 is 4.57 Å². The predicted octanol–water partition coefficient (Wildman–Crippen LogP) is 2.04.